The maximum absolute atomic E-state index is 13.2. The monoisotopic (exact) mass is 284 g/mol. The normalized spacial score (nSPS) is 10.8. The average Bonchev–Trinajstić information content (AvgIpc) is 2.97. The van der Waals surface area contributed by atoms with Crippen LogP contribution in [-0.2, 0) is 6.54 Å². The summed E-state index contributed by atoms with van der Waals surface area (Å²) in [6.45, 7) is 0.508. The summed E-state index contributed by atoms with van der Waals surface area (Å²) in [6.07, 6.45) is 1.66. The lowest BCUT2D eigenvalue weighted by atomic mass is 10.1. The molecule has 2 heterocycles. The Kier molecular flexibility index (Phi) is 3.70. The first kappa shape index (κ1) is 13.4. The number of benzene rings is 1. The highest BCUT2D eigenvalue weighted by atomic mass is 19.1. The van der Waals surface area contributed by atoms with Crippen LogP contribution in [0.2, 0.25) is 0 Å². The van der Waals surface area contributed by atoms with Crippen LogP contribution in [0.25, 0.3) is 22.6 Å². The summed E-state index contributed by atoms with van der Waals surface area (Å²) < 4.78 is 18.3. The van der Waals surface area contributed by atoms with E-state index in [1.54, 1.807) is 25.4 Å². The van der Waals surface area contributed by atoms with Crippen molar-refractivity contribution in [1.82, 2.24) is 20.4 Å². The van der Waals surface area contributed by atoms with Crippen molar-refractivity contribution in [2.45, 2.75) is 6.54 Å². The van der Waals surface area contributed by atoms with Crippen LogP contribution in [0.3, 0.4) is 0 Å². The molecule has 106 valence electrons. The minimum atomic E-state index is -0.272. The van der Waals surface area contributed by atoms with Gasteiger partial charge in [-0.05, 0) is 30.8 Å². The summed E-state index contributed by atoms with van der Waals surface area (Å²) in [6, 6.07) is 10.0. The highest BCUT2D eigenvalue weighted by Crippen LogP contribution is 2.21. The minimum absolute atomic E-state index is 0.272. The van der Waals surface area contributed by atoms with Crippen LogP contribution in [0.5, 0.6) is 0 Å². The van der Waals surface area contributed by atoms with Crippen molar-refractivity contribution in [3.8, 4) is 22.6 Å². The predicted molar refractivity (Wildman–Crippen MR) is 75.7 cm³/mol. The Labute approximate surface area is 120 Å². The van der Waals surface area contributed by atoms with E-state index in [0.717, 1.165) is 11.1 Å². The van der Waals surface area contributed by atoms with Gasteiger partial charge in [-0.15, -0.1) is 0 Å². The molecule has 0 saturated carbocycles. The Balaban J connectivity index is 1.86. The van der Waals surface area contributed by atoms with Crippen LogP contribution in [0.15, 0.2) is 47.1 Å². The maximum Gasteiger partial charge on any atom is 0.240 e. The van der Waals surface area contributed by atoms with Gasteiger partial charge in [-0.1, -0.05) is 23.4 Å². The standard InChI is InChI=1S/C15H13FN4O/c1-17-9-14-19-15(20-21-14)13-6-5-11(8-18-13)10-3-2-4-12(16)7-10/h2-8,17H,9H2,1H3. The molecule has 3 aromatic rings. The van der Waals surface area contributed by atoms with Crippen molar-refractivity contribution in [3.63, 3.8) is 0 Å². The van der Waals surface area contributed by atoms with Crippen LogP contribution < -0.4 is 5.32 Å². The van der Waals surface area contributed by atoms with Gasteiger partial charge < -0.3 is 9.84 Å². The molecule has 1 N–H and O–H groups in total. The molecule has 0 unspecified atom stereocenters. The van der Waals surface area contributed by atoms with Gasteiger partial charge in [0.15, 0.2) is 0 Å². The predicted octanol–water partition coefficient (Wildman–Crippen LogP) is 2.66. The molecule has 0 aliphatic rings. The second-order valence-electron chi connectivity index (χ2n) is 4.48. The van der Waals surface area contributed by atoms with Crippen LogP contribution in [0.4, 0.5) is 4.39 Å². The molecule has 0 aliphatic heterocycles. The first-order valence-electron chi connectivity index (χ1n) is 6.46. The van der Waals surface area contributed by atoms with E-state index in [1.807, 2.05) is 12.1 Å². The maximum atomic E-state index is 13.2. The fraction of sp³-hybridized carbons (Fsp3) is 0.133. The van der Waals surface area contributed by atoms with Crippen LogP contribution >= 0.6 is 0 Å². The average molecular weight is 284 g/mol. The number of hydrogen-bond donors (Lipinski definition) is 1. The molecule has 5 nitrogen and oxygen atoms in total. The lowest BCUT2D eigenvalue weighted by Gasteiger charge is -2.01. The number of nitrogens with zero attached hydrogens (tertiary/aromatic N) is 3. The summed E-state index contributed by atoms with van der Waals surface area (Å²) >= 11 is 0. The molecule has 6 heteroatoms. The number of nitrogens with one attached hydrogen (secondary N) is 1. The Morgan fingerprint density at radius 2 is 2.10 bits per heavy atom. The molecule has 2 aromatic heterocycles. The van der Waals surface area contributed by atoms with Crippen molar-refractivity contribution in [2.24, 2.45) is 0 Å². The molecule has 0 aliphatic carbocycles. The van der Waals surface area contributed by atoms with E-state index in [1.165, 1.54) is 12.1 Å². The topological polar surface area (TPSA) is 63.8 Å². The summed E-state index contributed by atoms with van der Waals surface area (Å²) in [5.74, 6) is 0.668. The van der Waals surface area contributed by atoms with Crippen LogP contribution in [0, 0.1) is 5.82 Å². The summed E-state index contributed by atoms with van der Waals surface area (Å²) in [7, 11) is 1.80. The molecule has 0 fully saturated rings. The fourth-order valence-corrected chi connectivity index (χ4v) is 1.95. The molecule has 0 saturated heterocycles. The number of rotatable bonds is 4. The highest BCUT2D eigenvalue weighted by molar-refractivity contribution is 5.64. The van der Waals surface area contributed by atoms with E-state index in [2.05, 4.69) is 20.4 Å². The van der Waals surface area contributed by atoms with Crippen LogP contribution in [0.1, 0.15) is 5.89 Å². The molecule has 0 amide bonds. The van der Waals surface area contributed by atoms with Crippen molar-refractivity contribution < 1.29 is 8.91 Å². The van der Waals surface area contributed by atoms with E-state index in [9.17, 15) is 4.39 Å². The zero-order chi connectivity index (χ0) is 14.7. The van der Waals surface area contributed by atoms with E-state index < -0.39 is 0 Å². The number of pyridine rings is 1. The van der Waals surface area contributed by atoms with Gasteiger partial charge in [0.2, 0.25) is 11.7 Å². The van der Waals surface area contributed by atoms with Gasteiger partial charge in [0, 0.05) is 11.8 Å². The third-order valence-corrected chi connectivity index (χ3v) is 2.95. The SMILES string of the molecule is CNCc1nc(-c2ccc(-c3cccc(F)c3)cn2)no1. The van der Waals surface area contributed by atoms with Gasteiger partial charge in [0.25, 0.3) is 0 Å². The van der Waals surface area contributed by atoms with Gasteiger partial charge in [-0.25, -0.2) is 4.39 Å². The summed E-state index contributed by atoms with van der Waals surface area (Å²) in [5, 5.41) is 6.81. The van der Waals surface area contributed by atoms with Crippen molar-refractivity contribution in [1.29, 1.82) is 0 Å². The third kappa shape index (κ3) is 2.95. The zero-order valence-corrected chi connectivity index (χ0v) is 11.4. The van der Waals surface area contributed by atoms with Gasteiger partial charge >= 0.3 is 0 Å². The van der Waals surface area contributed by atoms with Crippen molar-refractivity contribution in [3.05, 3.63) is 54.3 Å². The third-order valence-electron chi connectivity index (χ3n) is 2.95. The second kappa shape index (κ2) is 5.80. The molecular weight excluding hydrogens is 271 g/mol. The Morgan fingerprint density at radius 3 is 2.81 bits per heavy atom. The Hall–Kier alpha value is -2.60. The number of aromatic nitrogens is 3. The molecule has 1 aromatic carbocycles. The molecule has 3 rings (SSSR count). The zero-order valence-electron chi connectivity index (χ0n) is 11.4. The van der Waals surface area contributed by atoms with E-state index in [4.69, 9.17) is 4.52 Å². The van der Waals surface area contributed by atoms with Gasteiger partial charge in [0.05, 0.1) is 6.54 Å². The lowest BCUT2D eigenvalue weighted by molar-refractivity contribution is 0.372. The molecule has 0 radical (unpaired) electrons. The van der Waals surface area contributed by atoms with Gasteiger partial charge in [-0.2, -0.15) is 4.98 Å². The Bertz CT molecular complexity index is 739. The Morgan fingerprint density at radius 1 is 1.19 bits per heavy atom. The summed E-state index contributed by atoms with van der Waals surface area (Å²) in [4.78, 5) is 8.52. The molecule has 0 atom stereocenters. The largest absolute Gasteiger partial charge is 0.337 e. The van der Waals surface area contributed by atoms with Crippen molar-refractivity contribution >= 4 is 0 Å². The molecule has 0 bridgehead atoms. The van der Waals surface area contributed by atoms with E-state index in [0.29, 0.717) is 24.0 Å². The lowest BCUT2D eigenvalue weighted by Crippen LogP contribution is -2.04. The van der Waals surface area contributed by atoms with Gasteiger partial charge in [-0.3, -0.25) is 4.98 Å². The first-order valence-corrected chi connectivity index (χ1v) is 6.46. The van der Waals surface area contributed by atoms with E-state index in [-0.39, 0.29) is 5.82 Å². The molecule has 21 heavy (non-hydrogen) atoms. The van der Waals surface area contributed by atoms with Crippen molar-refractivity contribution in [2.75, 3.05) is 7.05 Å². The minimum Gasteiger partial charge on any atom is -0.337 e. The second-order valence-corrected chi connectivity index (χ2v) is 4.48. The van der Waals surface area contributed by atoms with Crippen LogP contribution in [-0.4, -0.2) is 22.2 Å². The first-order chi connectivity index (χ1) is 10.3. The molecular formula is C15H13FN4O. The number of halogens is 1. The van der Waals surface area contributed by atoms with E-state index >= 15 is 0 Å². The fourth-order valence-electron chi connectivity index (χ4n) is 1.95. The summed E-state index contributed by atoms with van der Waals surface area (Å²) in [5.41, 5.74) is 2.22. The smallest absolute Gasteiger partial charge is 0.240 e. The van der Waals surface area contributed by atoms with Gasteiger partial charge in [0.1, 0.15) is 11.5 Å². The number of hydrogen-bond acceptors (Lipinski definition) is 5. The quantitative estimate of drug-likeness (QED) is 0.798. The molecule has 0 spiro atoms. The highest BCUT2D eigenvalue weighted by Gasteiger charge is 2.09.